The van der Waals surface area contributed by atoms with Gasteiger partial charge in [-0.15, -0.1) is 11.3 Å². The Balaban J connectivity index is 1.41. The molecule has 1 aromatic heterocycles. The van der Waals surface area contributed by atoms with Crippen LogP contribution in [0.1, 0.15) is 96.2 Å². The number of likely N-dealkylation sites (tertiary alicyclic amines) is 1. The van der Waals surface area contributed by atoms with Gasteiger partial charge in [0.05, 0.1) is 28.8 Å². The Morgan fingerprint density at radius 3 is 2.45 bits per heavy atom. The fraction of sp³-hybridized carbons (Fsp3) is 0.657. The summed E-state index contributed by atoms with van der Waals surface area (Å²) in [5, 5.41) is 17.1. The molecular formula is C35H50BrFN4O5S. The van der Waals surface area contributed by atoms with Crippen molar-refractivity contribution >= 4 is 45.0 Å². The molecule has 0 bridgehead atoms. The summed E-state index contributed by atoms with van der Waals surface area (Å²) in [7, 11) is 0. The summed E-state index contributed by atoms with van der Waals surface area (Å²) < 4.78 is 20.8. The molecule has 0 unspecified atom stereocenters. The molecule has 1 saturated heterocycles. The fourth-order valence-electron chi connectivity index (χ4n) is 5.84. The summed E-state index contributed by atoms with van der Waals surface area (Å²) in [6.45, 7) is 7.99. The van der Waals surface area contributed by atoms with Crippen LogP contribution in [-0.2, 0) is 20.9 Å². The van der Waals surface area contributed by atoms with Gasteiger partial charge < -0.3 is 25.4 Å². The molecule has 1 aliphatic heterocycles. The number of aliphatic hydroxyl groups excluding tert-OH is 1. The molecule has 0 spiro atoms. The first-order chi connectivity index (χ1) is 22.3. The van der Waals surface area contributed by atoms with Crippen molar-refractivity contribution in [2.75, 3.05) is 18.5 Å². The average molecular weight is 738 g/mol. The first kappa shape index (κ1) is 37.3. The SMILES string of the molecule is Cc1ncsc1-c1ccc(CNC(=O)[C@@H]2C[C@@H](O)CN2C(=O)[C@@H](NC(=O)C2(F)CC2)C(C)(C)C)c(OCCCCCCCCCBr)c1. The summed E-state index contributed by atoms with van der Waals surface area (Å²) >= 11 is 5.05. The Morgan fingerprint density at radius 1 is 1.15 bits per heavy atom. The van der Waals surface area contributed by atoms with Crippen molar-refractivity contribution in [3.05, 3.63) is 35.0 Å². The van der Waals surface area contributed by atoms with Crippen molar-refractivity contribution < 1.29 is 28.6 Å². The first-order valence-corrected chi connectivity index (χ1v) is 18.8. The maximum atomic E-state index is 14.5. The van der Waals surface area contributed by atoms with Gasteiger partial charge in [0.25, 0.3) is 5.91 Å². The van der Waals surface area contributed by atoms with E-state index in [1.807, 2.05) is 30.6 Å². The van der Waals surface area contributed by atoms with Crippen molar-refractivity contribution in [3.8, 4) is 16.2 Å². The monoisotopic (exact) mass is 736 g/mol. The van der Waals surface area contributed by atoms with Crippen LogP contribution in [0.5, 0.6) is 5.75 Å². The lowest BCUT2D eigenvalue weighted by Crippen LogP contribution is -2.59. The smallest absolute Gasteiger partial charge is 0.258 e. The minimum atomic E-state index is -1.94. The number of nitrogens with zero attached hydrogens (tertiary/aromatic N) is 2. The van der Waals surface area contributed by atoms with E-state index in [0.717, 1.165) is 39.9 Å². The van der Waals surface area contributed by atoms with Gasteiger partial charge in [0.2, 0.25) is 11.8 Å². The topological polar surface area (TPSA) is 121 Å². The number of halogens is 2. The van der Waals surface area contributed by atoms with E-state index in [1.54, 1.807) is 32.1 Å². The summed E-state index contributed by atoms with van der Waals surface area (Å²) in [4.78, 5) is 46.7. The largest absolute Gasteiger partial charge is 0.493 e. The molecule has 260 valence electrons. The molecule has 12 heteroatoms. The zero-order chi connectivity index (χ0) is 34.2. The Bertz CT molecular complexity index is 1380. The number of alkyl halides is 2. The Hall–Kier alpha value is -2.57. The summed E-state index contributed by atoms with van der Waals surface area (Å²) in [6.07, 6.45) is 7.55. The van der Waals surface area contributed by atoms with Crippen LogP contribution >= 0.6 is 27.3 Å². The summed E-state index contributed by atoms with van der Waals surface area (Å²) in [5.74, 6) is -1.04. The van der Waals surface area contributed by atoms with Crippen LogP contribution in [0.25, 0.3) is 10.4 Å². The van der Waals surface area contributed by atoms with Crippen molar-refractivity contribution in [1.29, 1.82) is 0 Å². The number of thiazole rings is 1. The molecule has 3 amide bonds. The number of carbonyl (C=O) groups excluding carboxylic acids is 3. The second-order valence-electron chi connectivity index (χ2n) is 14.0. The number of β-amino-alcohol motifs (C(OH)–C–C–N with tert-alkyl or cyclic N) is 1. The third kappa shape index (κ3) is 10.2. The van der Waals surface area contributed by atoms with E-state index in [2.05, 4.69) is 31.5 Å². The minimum absolute atomic E-state index is 0.0477. The molecule has 2 heterocycles. The zero-order valence-corrected chi connectivity index (χ0v) is 30.5. The number of rotatable bonds is 17. The van der Waals surface area contributed by atoms with Crippen molar-refractivity contribution in [3.63, 3.8) is 0 Å². The number of carbonyl (C=O) groups is 3. The molecule has 2 fully saturated rings. The molecule has 47 heavy (non-hydrogen) atoms. The Labute approximate surface area is 290 Å². The van der Waals surface area contributed by atoms with Crippen molar-refractivity contribution in [2.24, 2.45) is 5.41 Å². The van der Waals surface area contributed by atoms with E-state index >= 15 is 0 Å². The first-order valence-electron chi connectivity index (χ1n) is 16.8. The second kappa shape index (κ2) is 16.7. The highest BCUT2D eigenvalue weighted by molar-refractivity contribution is 9.09. The number of aromatic nitrogens is 1. The third-order valence-corrected chi connectivity index (χ3v) is 10.5. The lowest BCUT2D eigenvalue weighted by molar-refractivity contribution is -0.145. The summed E-state index contributed by atoms with van der Waals surface area (Å²) in [6, 6.07) is 3.94. The third-order valence-electron chi connectivity index (χ3n) is 8.91. The number of nitrogens with one attached hydrogen (secondary N) is 2. The Morgan fingerprint density at radius 2 is 1.83 bits per heavy atom. The van der Waals surface area contributed by atoms with Gasteiger partial charge >= 0.3 is 0 Å². The fourth-order valence-corrected chi connectivity index (χ4v) is 7.03. The van der Waals surface area contributed by atoms with Crippen molar-refractivity contribution in [2.45, 2.75) is 122 Å². The molecule has 1 aliphatic carbocycles. The number of benzene rings is 1. The van der Waals surface area contributed by atoms with Gasteiger partial charge in [0, 0.05) is 30.4 Å². The summed E-state index contributed by atoms with van der Waals surface area (Å²) in [5.41, 5.74) is 1.87. The molecule has 1 saturated carbocycles. The molecule has 1 aromatic carbocycles. The number of hydrogen-bond donors (Lipinski definition) is 3. The number of ether oxygens (including phenoxy) is 1. The van der Waals surface area contributed by atoms with Gasteiger partial charge in [-0.3, -0.25) is 14.4 Å². The van der Waals surface area contributed by atoms with E-state index in [9.17, 15) is 23.9 Å². The van der Waals surface area contributed by atoms with Gasteiger partial charge in [-0.05, 0) is 49.7 Å². The van der Waals surface area contributed by atoms with Gasteiger partial charge in [0.15, 0.2) is 5.67 Å². The van der Waals surface area contributed by atoms with Gasteiger partial charge in [-0.1, -0.05) is 80.9 Å². The normalized spacial score (nSPS) is 19.3. The van der Waals surface area contributed by atoms with E-state index < -0.39 is 47.0 Å². The standard InChI is InChI=1S/C35H50BrFN4O5S/c1-23-29(47-22-39-23)24-12-13-25(28(18-24)46-17-11-9-7-5-6-8-10-16-36)20-38-31(43)27-19-26(42)21-41(27)32(44)30(34(2,3)4)40-33(45)35(37)14-15-35/h12-13,18,22,26-27,30,42H,5-11,14-17,19-21H2,1-4H3,(H,38,43)(H,40,45)/t26-,27+,30-/m1/s1. The number of aryl methyl sites for hydroxylation is 1. The molecule has 4 rings (SSSR count). The Kier molecular flexibility index (Phi) is 13.2. The number of amides is 3. The molecule has 2 aliphatic rings. The zero-order valence-electron chi connectivity index (χ0n) is 28.1. The quantitative estimate of drug-likeness (QED) is 0.131. The van der Waals surface area contributed by atoms with Crippen LogP contribution in [0, 0.1) is 12.3 Å². The lowest BCUT2D eigenvalue weighted by Gasteiger charge is -2.35. The number of aliphatic hydroxyl groups is 1. The molecule has 9 nitrogen and oxygen atoms in total. The molecule has 2 aromatic rings. The van der Waals surface area contributed by atoms with E-state index in [1.165, 1.54) is 37.0 Å². The van der Waals surface area contributed by atoms with Gasteiger partial charge in [0.1, 0.15) is 17.8 Å². The van der Waals surface area contributed by atoms with E-state index in [0.29, 0.717) is 12.4 Å². The van der Waals surface area contributed by atoms with Crippen molar-refractivity contribution in [1.82, 2.24) is 20.5 Å². The van der Waals surface area contributed by atoms with Crippen LogP contribution in [0.2, 0.25) is 0 Å². The number of hydrogen-bond acceptors (Lipinski definition) is 7. The second-order valence-corrected chi connectivity index (χ2v) is 15.6. The van der Waals surface area contributed by atoms with Crippen LogP contribution in [0.15, 0.2) is 23.7 Å². The maximum Gasteiger partial charge on any atom is 0.258 e. The van der Waals surface area contributed by atoms with Gasteiger partial charge in [-0.25, -0.2) is 9.37 Å². The van der Waals surface area contributed by atoms with E-state index in [-0.39, 0.29) is 32.4 Å². The molecule has 3 N–H and O–H groups in total. The highest BCUT2D eigenvalue weighted by Gasteiger charge is 2.53. The van der Waals surface area contributed by atoms with E-state index in [4.69, 9.17) is 4.74 Å². The predicted molar refractivity (Wildman–Crippen MR) is 186 cm³/mol. The van der Waals surface area contributed by atoms with Crippen LogP contribution < -0.4 is 15.4 Å². The predicted octanol–water partition coefficient (Wildman–Crippen LogP) is 6.23. The van der Waals surface area contributed by atoms with Crippen LogP contribution in [-0.4, -0.2) is 75.1 Å². The molecule has 3 atom stereocenters. The highest BCUT2D eigenvalue weighted by Crippen LogP contribution is 2.40. The maximum absolute atomic E-state index is 14.5. The minimum Gasteiger partial charge on any atom is -0.493 e. The molecular weight excluding hydrogens is 687 g/mol. The van der Waals surface area contributed by atoms with Crippen LogP contribution in [0.4, 0.5) is 4.39 Å². The number of unbranched alkanes of at least 4 members (excludes halogenated alkanes) is 6. The van der Waals surface area contributed by atoms with Crippen LogP contribution in [0.3, 0.4) is 0 Å². The highest BCUT2D eigenvalue weighted by atomic mass is 79.9. The lowest BCUT2D eigenvalue weighted by atomic mass is 9.85. The molecule has 0 radical (unpaired) electrons. The average Bonchev–Trinajstić information content (AvgIpc) is 3.44. The van der Waals surface area contributed by atoms with Gasteiger partial charge in [-0.2, -0.15) is 0 Å².